The first kappa shape index (κ1) is 19.3. The number of rotatable bonds is 3. The Balaban J connectivity index is 2.06. The number of halogens is 5. The van der Waals surface area contributed by atoms with E-state index in [1.165, 1.54) is 0 Å². The third kappa shape index (κ3) is 3.18. The number of hydrogen-bond donors (Lipinski definition) is 1. The van der Waals surface area contributed by atoms with Crippen LogP contribution in [0.2, 0.25) is 0 Å². The van der Waals surface area contributed by atoms with E-state index in [1.54, 1.807) is 0 Å². The van der Waals surface area contributed by atoms with Gasteiger partial charge in [-0.25, -0.2) is 26.7 Å². The van der Waals surface area contributed by atoms with Crippen molar-refractivity contribution in [3.63, 3.8) is 0 Å². The van der Waals surface area contributed by atoms with E-state index in [2.05, 4.69) is 10.1 Å². The molecule has 1 heterocycles. The molecule has 0 atom stereocenters. The Morgan fingerprint density at radius 3 is 2.04 bits per heavy atom. The topological polar surface area (TPSA) is 55.4 Å². The zero-order chi connectivity index (χ0) is 19.9. The van der Waals surface area contributed by atoms with Crippen LogP contribution in [0.4, 0.5) is 27.0 Å². The van der Waals surface area contributed by atoms with Gasteiger partial charge in [0.05, 0.1) is 12.7 Å². The summed E-state index contributed by atoms with van der Waals surface area (Å²) >= 11 is 1.01. The number of esters is 1. The van der Waals surface area contributed by atoms with Gasteiger partial charge in [0.1, 0.15) is 10.6 Å². The first-order valence-corrected chi connectivity index (χ1v) is 8.65. The average Bonchev–Trinajstić information content (AvgIpc) is 3.02. The number of methoxy groups -OCH3 is 1. The SMILES string of the molecule is COC(=O)c1c(NC(=O)c2c(F)c(F)c(F)c(F)c2F)sc2c1CCCC2. The van der Waals surface area contributed by atoms with Crippen LogP contribution < -0.4 is 5.32 Å². The molecule has 0 saturated carbocycles. The second-order valence-corrected chi connectivity index (χ2v) is 6.91. The summed E-state index contributed by atoms with van der Waals surface area (Å²) in [4.78, 5) is 25.1. The Kier molecular flexibility index (Phi) is 5.18. The third-order valence-electron chi connectivity index (χ3n) is 4.22. The van der Waals surface area contributed by atoms with Gasteiger partial charge in [-0.15, -0.1) is 11.3 Å². The minimum Gasteiger partial charge on any atom is -0.465 e. The van der Waals surface area contributed by atoms with Gasteiger partial charge in [0, 0.05) is 4.88 Å². The highest BCUT2D eigenvalue weighted by Crippen LogP contribution is 2.39. The lowest BCUT2D eigenvalue weighted by molar-refractivity contribution is 0.0601. The van der Waals surface area contributed by atoms with E-state index in [-0.39, 0.29) is 10.6 Å². The fraction of sp³-hybridized carbons (Fsp3) is 0.294. The Morgan fingerprint density at radius 2 is 1.44 bits per heavy atom. The molecule has 0 spiro atoms. The maximum atomic E-state index is 13.8. The molecule has 1 aromatic carbocycles. The van der Waals surface area contributed by atoms with Crippen LogP contribution in [-0.2, 0) is 17.6 Å². The largest absolute Gasteiger partial charge is 0.465 e. The monoisotopic (exact) mass is 405 g/mol. The van der Waals surface area contributed by atoms with Crippen molar-refractivity contribution in [2.24, 2.45) is 0 Å². The van der Waals surface area contributed by atoms with Gasteiger partial charge in [-0.05, 0) is 31.2 Å². The smallest absolute Gasteiger partial charge is 0.341 e. The number of thiophene rings is 1. The summed E-state index contributed by atoms with van der Waals surface area (Å²) in [6.45, 7) is 0. The zero-order valence-electron chi connectivity index (χ0n) is 13.9. The molecule has 0 radical (unpaired) electrons. The predicted octanol–water partition coefficient (Wildman–Crippen LogP) is 4.36. The molecule has 1 aromatic heterocycles. The number of hydrogen-bond acceptors (Lipinski definition) is 4. The summed E-state index contributed by atoms with van der Waals surface area (Å²) in [5.41, 5.74) is -0.922. The molecule has 4 nitrogen and oxygen atoms in total. The fourth-order valence-electron chi connectivity index (χ4n) is 2.94. The molecular formula is C17H12F5NO3S. The van der Waals surface area contributed by atoms with Crippen molar-refractivity contribution in [3.8, 4) is 0 Å². The highest BCUT2D eigenvalue weighted by atomic mass is 32.1. The first-order valence-electron chi connectivity index (χ1n) is 7.83. The van der Waals surface area contributed by atoms with Crippen molar-refractivity contribution >= 4 is 28.2 Å². The van der Waals surface area contributed by atoms with Crippen LogP contribution in [0.25, 0.3) is 0 Å². The van der Waals surface area contributed by atoms with Crippen molar-refractivity contribution in [1.29, 1.82) is 0 Å². The number of anilines is 1. The highest BCUT2D eigenvalue weighted by Gasteiger charge is 2.32. The number of amides is 1. The van der Waals surface area contributed by atoms with E-state index in [0.717, 1.165) is 36.2 Å². The van der Waals surface area contributed by atoms with E-state index in [0.29, 0.717) is 18.4 Å². The summed E-state index contributed by atoms with van der Waals surface area (Å²) in [6, 6.07) is 0. The molecule has 1 amide bonds. The summed E-state index contributed by atoms with van der Waals surface area (Å²) in [5.74, 6) is -13.6. The van der Waals surface area contributed by atoms with Crippen LogP contribution in [0.5, 0.6) is 0 Å². The summed E-state index contributed by atoms with van der Waals surface area (Å²) in [7, 11) is 1.13. The fourth-order valence-corrected chi connectivity index (χ4v) is 4.21. The van der Waals surface area contributed by atoms with Crippen LogP contribution >= 0.6 is 11.3 Å². The van der Waals surface area contributed by atoms with Gasteiger partial charge in [-0.3, -0.25) is 4.79 Å². The van der Waals surface area contributed by atoms with Crippen LogP contribution in [0.3, 0.4) is 0 Å². The van der Waals surface area contributed by atoms with Gasteiger partial charge in [0.25, 0.3) is 5.91 Å². The summed E-state index contributed by atoms with van der Waals surface area (Å²) in [6.07, 6.45) is 2.86. The molecule has 0 bridgehead atoms. The van der Waals surface area contributed by atoms with Crippen LogP contribution in [0.15, 0.2) is 0 Å². The van der Waals surface area contributed by atoms with Crippen molar-refractivity contribution < 1.29 is 36.3 Å². The Bertz CT molecular complexity index is 928. The first-order chi connectivity index (χ1) is 12.8. The molecular weight excluding hydrogens is 393 g/mol. The van der Waals surface area contributed by atoms with Gasteiger partial charge in [-0.2, -0.15) is 0 Å². The number of aryl methyl sites for hydroxylation is 1. The molecule has 1 aliphatic carbocycles. The predicted molar refractivity (Wildman–Crippen MR) is 86.5 cm³/mol. The highest BCUT2D eigenvalue weighted by molar-refractivity contribution is 7.17. The summed E-state index contributed by atoms with van der Waals surface area (Å²) in [5, 5.41) is 2.04. The Hall–Kier alpha value is -2.49. The maximum absolute atomic E-state index is 13.8. The molecule has 10 heteroatoms. The molecule has 3 rings (SSSR count). The lowest BCUT2D eigenvalue weighted by atomic mass is 9.95. The van der Waals surface area contributed by atoms with Gasteiger partial charge in [0.2, 0.25) is 5.82 Å². The number of carbonyl (C=O) groups is 2. The minimum absolute atomic E-state index is 0.0365. The van der Waals surface area contributed by atoms with Gasteiger partial charge < -0.3 is 10.1 Å². The molecule has 1 N–H and O–H groups in total. The molecule has 2 aromatic rings. The van der Waals surface area contributed by atoms with Crippen molar-refractivity contribution in [2.75, 3.05) is 12.4 Å². The normalized spacial score (nSPS) is 13.3. The van der Waals surface area contributed by atoms with Crippen LogP contribution in [0, 0.1) is 29.1 Å². The van der Waals surface area contributed by atoms with E-state index in [1.807, 2.05) is 0 Å². The quantitative estimate of drug-likeness (QED) is 0.357. The molecule has 0 saturated heterocycles. The van der Waals surface area contributed by atoms with Crippen LogP contribution in [-0.4, -0.2) is 19.0 Å². The van der Waals surface area contributed by atoms with E-state index >= 15 is 0 Å². The average molecular weight is 405 g/mol. The van der Waals surface area contributed by atoms with E-state index in [9.17, 15) is 31.5 Å². The number of benzene rings is 1. The molecule has 0 unspecified atom stereocenters. The minimum atomic E-state index is -2.36. The Morgan fingerprint density at radius 1 is 0.889 bits per heavy atom. The number of fused-ring (bicyclic) bond motifs is 1. The second-order valence-electron chi connectivity index (χ2n) is 5.81. The Labute approximate surface area is 153 Å². The van der Waals surface area contributed by atoms with E-state index in [4.69, 9.17) is 0 Å². The molecule has 27 heavy (non-hydrogen) atoms. The molecule has 144 valence electrons. The van der Waals surface area contributed by atoms with Crippen molar-refractivity contribution in [2.45, 2.75) is 25.7 Å². The number of carbonyl (C=O) groups excluding carboxylic acids is 2. The van der Waals surface area contributed by atoms with Crippen LogP contribution in [0.1, 0.15) is 44.0 Å². The summed E-state index contributed by atoms with van der Waals surface area (Å²) < 4.78 is 72.2. The zero-order valence-corrected chi connectivity index (χ0v) is 14.7. The molecule has 0 aliphatic heterocycles. The lowest BCUT2D eigenvalue weighted by Gasteiger charge is -2.12. The van der Waals surface area contributed by atoms with Crippen molar-refractivity contribution in [1.82, 2.24) is 0 Å². The van der Waals surface area contributed by atoms with Gasteiger partial charge in [0.15, 0.2) is 23.3 Å². The number of ether oxygens (including phenoxy) is 1. The lowest BCUT2D eigenvalue weighted by Crippen LogP contribution is -2.20. The third-order valence-corrected chi connectivity index (χ3v) is 5.43. The van der Waals surface area contributed by atoms with E-state index < -0.39 is 46.5 Å². The molecule has 1 aliphatic rings. The van der Waals surface area contributed by atoms with Gasteiger partial charge in [-0.1, -0.05) is 0 Å². The molecule has 0 fully saturated rings. The standard InChI is InChI=1S/C17H12F5NO3S/c1-26-17(25)8-6-4-2-3-5-7(6)27-16(8)23-15(24)9-10(18)12(20)14(22)13(21)11(9)19/h2-5H2,1H3,(H,23,24). The maximum Gasteiger partial charge on any atom is 0.341 e. The number of nitrogens with one attached hydrogen (secondary N) is 1. The van der Waals surface area contributed by atoms with Crippen molar-refractivity contribution in [3.05, 3.63) is 50.7 Å². The second kappa shape index (κ2) is 7.26. The van der Waals surface area contributed by atoms with Gasteiger partial charge >= 0.3 is 5.97 Å².